The van der Waals surface area contributed by atoms with E-state index in [1.807, 2.05) is 34.0 Å². The molecule has 0 bridgehead atoms. The minimum absolute atomic E-state index is 0.0202. The molecule has 16 nitrogen and oxygen atoms in total. The summed E-state index contributed by atoms with van der Waals surface area (Å²) >= 11 is 0. The molecular weight excluding hydrogens is 789 g/mol. The van der Waals surface area contributed by atoms with Gasteiger partial charge >= 0.3 is 0 Å². The van der Waals surface area contributed by atoms with Gasteiger partial charge in [0, 0.05) is 92.0 Å². The van der Waals surface area contributed by atoms with Gasteiger partial charge in [0.15, 0.2) is 5.65 Å². The van der Waals surface area contributed by atoms with Crippen molar-refractivity contribution in [1.82, 2.24) is 39.5 Å². The molecule has 3 N–H and O–H groups in total. The molecule has 0 unspecified atom stereocenters. The van der Waals surface area contributed by atoms with Gasteiger partial charge in [-0.15, -0.1) is 0 Å². The summed E-state index contributed by atoms with van der Waals surface area (Å²) in [6.45, 7) is 6.77. The molecule has 61 heavy (non-hydrogen) atoms. The summed E-state index contributed by atoms with van der Waals surface area (Å²) in [5.74, 6) is -4.56. The summed E-state index contributed by atoms with van der Waals surface area (Å²) < 4.78 is 33.6. The molecule has 3 aromatic heterocycles. The summed E-state index contributed by atoms with van der Waals surface area (Å²) in [5, 5.41) is 35.3. The first-order valence-corrected chi connectivity index (χ1v) is 20.6. The van der Waals surface area contributed by atoms with Gasteiger partial charge in [-0.25, -0.2) is 18.3 Å². The largest absolute Gasteiger partial charge is 0.386 e. The van der Waals surface area contributed by atoms with Gasteiger partial charge in [0.05, 0.1) is 47.0 Å². The third-order valence-corrected chi connectivity index (χ3v) is 12.7. The van der Waals surface area contributed by atoms with Crippen LogP contribution in [0.3, 0.4) is 0 Å². The number of imide groups is 1. The summed E-state index contributed by atoms with van der Waals surface area (Å²) in [6, 6.07) is 8.61. The molecule has 18 heteroatoms. The van der Waals surface area contributed by atoms with Crippen LogP contribution in [0.1, 0.15) is 91.4 Å². The zero-order valence-corrected chi connectivity index (χ0v) is 33.8. The van der Waals surface area contributed by atoms with Crippen LogP contribution in [0.4, 0.5) is 20.2 Å². The van der Waals surface area contributed by atoms with E-state index in [9.17, 15) is 29.5 Å². The number of hydrogen-bond donors (Lipinski definition) is 3. The van der Waals surface area contributed by atoms with E-state index in [1.54, 1.807) is 18.7 Å². The van der Waals surface area contributed by atoms with Crippen molar-refractivity contribution in [3.05, 3.63) is 82.9 Å². The average Bonchev–Trinajstić information content (AvgIpc) is 3.84. The van der Waals surface area contributed by atoms with E-state index >= 15 is 8.78 Å². The van der Waals surface area contributed by atoms with Crippen LogP contribution in [-0.2, 0) is 20.0 Å². The quantitative estimate of drug-likeness (QED) is 0.192. The van der Waals surface area contributed by atoms with Gasteiger partial charge in [0.2, 0.25) is 17.7 Å². The van der Waals surface area contributed by atoms with Crippen LogP contribution in [0.5, 0.6) is 0 Å². The second kappa shape index (κ2) is 15.6. The number of benzene rings is 2. The third-order valence-electron chi connectivity index (χ3n) is 12.7. The van der Waals surface area contributed by atoms with E-state index in [4.69, 9.17) is 5.10 Å². The van der Waals surface area contributed by atoms with E-state index in [-0.39, 0.29) is 41.8 Å². The zero-order valence-electron chi connectivity index (χ0n) is 33.8. The Bertz CT molecular complexity index is 2600. The van der Waals surface area contributed by atoms with Crippen LogP contribution in [0.25, 0.3) is 16.6 Å². The molecule has 9 rings (SSSR count). The lowest BCUT2D eigenvalue weighted by Crippen LogP contribution is -2.59. The highest BCUT2D eigenvalue weighted by Crippen LogP contribution is 2.37. The number of aliphatic hydroxyl groups is 1. The number of carbonyl (C=O) groups excluding carboxylic acids is 4. The maximum Gasteiger partial charge on any atom is 0.261 e. The number of nitrogens with zero attached hydrogens (tertiary/aromatic N) is 9. The fraction of sp³-hybridized carbons (Fsp3) is 0.442. The normalized spacial score (nSPS) is 21.7. The topological polar surface area (TPSA) is 194 Å². The molecule has 1 saturated carbocycles. The molecule has 0 radical (unpaired) electrons. The van der Waals surface area contributed by atoms with E-state index in [0.29, 0.717) is 65.9 Å². The Morgan fingerprint density at radius 3 is 2.33 bits per heavy atom. The van der Waals surface area contributed by atoms with E-state index in [0.717, 1.165) is 44.2 Å². The Morgan fingerprint density at radius 2 is 1.66 bits per heavy atom. The van der Waals surface area contributed by atoms with Gasteiger partial charge in [-0.1, -0.05) is 0 Å². The SMILES string of the molecule is CC(C)(O)c1cc2nn([C@H]3CC[C@H](N4CCN(C(=O)C5CN(c6cc(F)c([C@H]7CCC(=O)NC7=O)c(F)c6)C5)CC4)CC3)cc2cc1NC(=O)c1cnn2cc(C#N)cnc12. The fourth-order valence-electron chi connectivity index (χ4n) is 9.32. The van der Waals surface area contributed by atoms with Gasteiger partial charge in [0.1, 0.15) is 23.3 Å². The zero-order chi connectivity index (χ0) is 42.7. The van der Waals surface area contributed by atoms with Crippen LogP contribution in [0.15, 0.2) is 49.1 Å². The molecule has 1 atom stereocenters. The molecule has 4 amide bonds. The maximum absolute atomic E-state index is 15.1. The number of piperazine rings is 1. The van der Waals surface area contributed by atoms with E-state index < -0.39 is 40.9 Å². The van der Waals surface area contributed by atoms with Gasteiger partial charge in [-0.3, -0.25) is 34.1 Å². The molecule has 1 aliphatic carbocycles. The number of anilines is 2. The van der Waals surface area contributed by atoms with Crippen molar-refractivity contribution >= 4 is 51.6 Å². The highest BCUT2D eigenvalue weighted by molar-refractivity contribution is 6.09. The highest BCUT2D eigenvalue weighted by atomic mass is 19.1. The Hall–Kier alpha value is -6.32. The van der Waals surface area contributed by atoms with Gasteiger partial charge in [-0.05, 0) is 70.2 Å². The van der Waals surface area contributed by atoms with Crippen molar-refractivity contribution in [2.45, 2.75) is 76.0 Å². The maximum atomic E-state index is 15.1. The Labute approximate surface area is 349 Å². The van der Waals surface area contributed by atoms with Crippen LogP contribution in [0.2, 0.25) is 0 Å². The second-order valence-electron chi connectivity index (χ2n) is 17.1. The molecule has 2 aromatic carbocycles. The fourth-order valence-corrected chi connectivity index (χ4v) is 9.32. The molecule has 4 aliphatic rings. The average molecular weight is 834 g/mol. The summed E-state index contributed by atoms with van der Waals surface area (Å²) in [4.78, 5) is 61.0. The molecular formula is C43H45F2N11O5. The molecule has 5 aromatic rings. The van der Waals surface area contributed by atoms with E-state index in [1.165, 1.54) is 35.2 Å². The smallest absolute Gasteiger partial charge is 0.261 e. The number of rotatable bonds is 8. The second-order valence-corrected chi connectivity index (χ2v) is 17.1. The lowest BCUT2D eigenvalue weighted by Gasteiger charge is -2.45. The first-order chi connectivity index (χ1) is 29.2. The standard InChI is InChI=1S/C43H45F2N11O5/c1-43(2,61)32-16-35-25(13-36(32)49-41(59)31-19-48-56-20-24(17-46)18-47-39(31)56)23-55(51-35)28-5-3-27(4-6-28)52-9-11-53(12-10-52)42(60)26-21-54(22-26)29-14-33(44)38(34(45)15-29)30-7-8-37(57)50-40(30)58/h13-16,18-20,23,26-28,30,61H,3-12,21-22H2,1-2H3,(H,49,59)(H,50,57,58)/t27-,28-,30-/m1/s1. The molecule has 316 valence electrons. The predicted molar refractivity (Wildman–Crippen MR) is 217 cm³/mol. The summed E-state index contributed by atoms with van der Waals surface area (Å²) in [6.07, 6.45) is 10.1. The summed E-state index contributed by atoms with van der Waals surface area (Å²) in [7, 11) is 0. The minimum Gasteiger partial charge on any atom is -0.386 e. The number of amides is 4. The molecule has 4 fully saturated rings. The number of carbonyl (C=O) groups is 4. The van der Waals surface area contributed by atoms with Crippen LogP contribution in [0, 0.1) is 28.9 Å². The Balaban J connectivity index is 0.778. The van der Waals surface area contributed by atoms with E-state index in [2.05, 4.69) is 25.6 Å². The number of aromatic nitrogens is 5. The van der Waals surface area contributed by atoms with Crippen LogP contribution < -0.4 is 15.5 Å². The van der Waals surface area contributed by atoms with Crippen molar-refractivity contribution in [3.8, 4) is 6.07 Å². The highest BCUT2D eigenvalue weighted by Gasteiger charge is 2.39. The lowest BCUT2D eigenvalue weighted by molar-refractivity contribution is -0.138. The first-order valence-electron chi connectivity index (χ1n) is 20.6. The molecule has 3 aliphatic heterocycles. The van der Waals surface area contributed by atoms with Crippen molar-refractivity contribution in [1.29, 1.82) is 5.26 Å². The third kappa shape index (κ3) is 7.67. The number of nitrogens with one attached hydrogen (secondary N) is 2. The van der Waals surface area contributed by atoms with Gasteiger partial charge in [-0.2, -0.15) is 15.5 Å². The number of halogens is 2. The lowest BCUT2D eigenvalue weighted by atomic mass is 9.89. The molecule has 0 spiro atoms. The summed E-state index contributed by atoms with van der Waals surface area (Å²) in [5.41, 5.74) is 1.20. The first kappa shape index (κ1) is 40.1. The van der Waals surface area contributed by atoms with Crippen molar-refractivity contribution in [2.75, 3.05) is 49.5 Å². The Morgan fingerprint density at radius 1 is 0.951 bits per heavy atom. The van der Waals surface area contributed by atoms with Crippen molar-refractivity contribution < 1.29 is 33.1 Å². The molecule has 3 saturated heterocycles. The Kier molecular flexibility index (Phi) is 10.3. The van der Waals surface area contributed by atoms with Gasteiger partial charge in [0.25, 0.3) is 5.91 Å². The number of piperidine rings is 1. The monoisotopic (exact) mass is 833 g/mol. The number of hydrogen-bond acceptors (Lipinski definition) is 11. The number of fused-ring (bicyclic) bond motifs is 2. The van der Waals surface area contributed by atoms with Crippen molar-refractivity contribution in [2.24, 2.45) is 5.92 Å². The predicted octanol–water partition coefficient (Wildman–Crippen LogP) is 3.99. The van der Waals surface area contributed by atoms with Crippen molar-refractivity contribution in [3.63, 3.8) is 0 Å². The molecule has 6 heterocycles. The van der Waals surface area contributed by atoms with Crippen LogP contribution >= 0.6 is 0 Å². The van der Waals surface area contributed by atoms with Gasteiger partial charge < -0.3 is 20.2 Å². The van der Waals surface area contributed by atoms with Crippen LogP contribution in [-0.4, -0.2) is 108 Å². The minimum atomic E-state index is -1.29. The number of nitriles is 1.